The first kappa shape index (κ1) is 22.1. The van der Waals surface area contributed by atoms with Crippen molar-refractivity contribution in [1.29, 1.82) is 0 Å². The van der Waals surface area contributed by atoms with Crippen molar-refractivity contribution >= 4 is 28.6 Å². The lowest BCUT2D eigenvalue weighted by molar-refractivity contribution is 0.0960. The molecule has 0 aliphatic heterocycles. The summed E-state index contributed by atoms with van der Waals surface area (Å²) in [6, 6.07) is 8.24. The molecular formula is C23H32FN3O4. The zero-order valence-corrected chi connectivity index (χ0v) is 18.1. The molecule has 0 unspecified atom stereocenters. The minimum atomic E-state index is -0.460. The van der Waals surface area contributed by atoms with E-state index in [4.69, 9.17) is 9.15 Å². The average Bonchev–Trinajstić information content (AvgIpc) is 3.06. The van der Waals surface area contributed by atoms with E-state index in [2.05, 4.69) is 16.0 Å². The van der Waals surface area contributed by atoms with Gasteiger partial charge in [-0.25, -0.2) is 9.18 Å². The molecule has 0 radical (unpaired) electrons. The van der Waals surface area contributed by atoms with Crippen molar-refractivity contribution in [2.45, 2.75) is 26.8 Å². The summed E-state index contributed by atoms with van der Waals surface area (Å²) in [7, 11) is 2.99. The van der Waals surface area contributed by atoms with Crippen molar-refractivity contribution in [3.63, 3.8) is 0 Å². The predicted molar refractivity (Wildman–Crippen MR) is 123 cm³/mol. The van der Waals surface area contributed by atoms with Crippen LogP contribution in [-0.4, -0.2) is 26.1 Å². The molecule has 0 fully saturated rings. The number of carbonyl (C=O) groups excluding carboxylic acids is 2. The van der Waals surface area contributed by atoms with Crippen molar-refractivity contribution in [1.82, 2.24) is 10.6 Å². The zero-order valence-electron chi connectivity index (χ0n) is 18.1. The molecule has 1 aromatic heterocycles. The highest BCUT2D eigenvalue weighted by Crippen LogP contribution is 2.33. The number of ether oxygens (including phenoxy) is 1. The first-order valence-corrected chi connectivity index (χ1v) is 9.91. The van der Waals surface area contributed by atoms with Crippen LogP contribution in [0.15, 0.2) is 40.8 Å². The summed E-state index contributed by atoms with van der Waals surface area (Å²) in [5.74, 6) is 0.307. The fourth-order valence-electron chi connectivity index (χ4n) is 3.45. The van der Waals surface area contributed by atoms with Gasteiger partial charge in [-0.3, -0.25) is 4.79 Å². The molecule has 3 N–H and O–H groups in total. The molecule has 0 saturated heterocycles. The molecule has 8 heteroatoms. The Morgan fingerprint density at radius 1 is 1.16 bits per heavy atom. The highest BCUT2D eigenvalue weighted by molar-refractivity contribution is 5.99. The number of anilines is 1. The van der Waals surface area contributed by atoms with Crippen LogP contribution < -0.4 is 20.7 Å². The number of amides is 3. The Bertz CT molecular complexity index is 1140. The van der Waals surface area contributed by atoms with E-state index in [0.717, 1.165) is 5.56 Å². The molecule has 1 atom stereocenters. The van der Waals surface area contributed by atoms with Gasteiger partial charge >= 0.3 is 6.03 Å². The maximum absolute atomic E-state index is 13.6. The molecule has 3 rings (SSSR count). The first-order chi connectivity index (χ1) is 14.7. The van der Waals surface area contributed by atoms with E-state index in [0.29, 0.717) is 33.7 Å². The number of hydrogen-bond acceptors (Lipinski definition) is 4. The number of urea groups is 1. The second-order valence-electron chi connectivity index (χ2n) is 7.55. The van der Waals surface area contributed by atoms with Crippen molar-refractivity contribution in [2.75, 3.05) is 19.5 Å². The van der Waals surface area contributed by atoms with Crippen LogP contribution in [0.5, 0.6) is 5.75 Å². The minimum absolute atomic E-state index is 0. The smallest absolute Gasteiger partial charge is 0.319 e. The van der Waals surface area contributed by atoms with Gasteiger partial charge in [0.2, 0.25) is 0 Å². The standard InChI is InChI=1S/C23H26FN3O4.3H2/c1-12(2)20(21-13(3)16-10-14(24)6-8-19(16)31-21)27-23(29)26-15-7-9-18(30-5)17(11-15)22(28)25-4;;;/h6-12,20H,1-5H3,(H,25,28)(H2,26,27,29);3*1H/t20-;;;/m1.../s1. The van der Waals surface area contributed by atoms with Crippen LogP contribution in [0.1, 0.15) is 45.9 Å². The topological polar surface area (TPSA) is 92.6 Å². The summed E-state index contributed by atoms with van der Waals surface area (Å²) in [4.78, 5) is 24.8. The van der Waals surface area contributed by atoms with E-state index in [1.807, 2.05) is 20.8 Å². The Balaban J connectivity index is 0.00000363. The quantitative estimate of drug-likeness (QED) is 0.478. The van der Waals surface area contributed by atoms with Crippen molar-refractivity contribution < 1.29 is 27.4 Å². The van der Waals surface area contributed by atoms with Crippen molar-refractivity contribution in [3.05, 3.63) is 59.1 Å². The highest BCUT2D eigenvalue weighted by atomic mass is 19.1. The number of fused-ring (bicyclic) bond motifs is 1. The highest BCUT2D eigenvalue weighted by Gasteiger charge is 2.25. The van der Waals surface area contributed by atoms with Crippen LogP contribution >= 0.6 is 0 Å². The second-order valence-corrected chi connectivity index (χ2v) is 7.55. The molecule has 0 aliphatic carbocycles. The van der Waals surface area contributed by atoms with Crippen LogP contribution in [0.4, 0.5) is 14.9 Å². The van der Waals surface area contributed by atoms with Crippen molar-refractivity contribution in [2.24, 2.45) is 5.92 Å². The molecule has 0 aliphatic rings. The Labute approximate surface area is 184 Å². The van der Waals surface area contributed by atoms with Crippen LogP contribution in [0, 0.1) is 18.7 Å². The number of furan rings is 1. The Hall–Kier alpha value is -3.55. The van der Waals surface area contributed by atoms with E-state index in [-0.39, 0.29) is 21.9 Å². The van der Waals surface area contributed by atoms with Gasteiger partial charge in [0.25, 0.3) is 5.91 Å². The maximum atomic E-state index is 13.6. The minimum Gasteiger partial charge on any atom is -0.496 e. The third-order valence-corrected chi connectivity index (χ3v) is 5.10. The van der Waals surface area contributed by atoms with Crippen LogP contribution in [0.2, 0.25) is 0 Å². The third-order valence-electron chi connectivity index (χ3n) is 5.10. The Kier molecular flexibility index (Phi) is 6.48. The summed E-state index contributed by atoms with van der Waals surface area (Å²) in [5, 5.41) is 8.88. The largest absolute Gasteiger partial charge is 0.496 e. The molecule has 7 nitrogen and oxygen atoms in total. The molecule has 170 valence electrons. The van der Waals surface area contributed by atoms with Gasteiger partial charge in [-0.05, 0) is 49.2 Å². The summed E-state index contributed by atoms with van der Waals surface area (Å²) < 4.78 is 24.8. The van der Waals surface area contributed by atoms with Gasteiger partial charge in [0, 0.05) is 28.0 Å². The summed E-state index contributed by atoms with van der Waals surface area (Å²) in [6.45, 7) is 5.75. The monoisotopic (exact) mass is 433 g/mol. The fraction of sp³-hybridized carbons (Fsp3) is 0.304. The van der Waals surface area contributed by atoms with E-state index in [9.17, 15) is 14.0 Å². The molecule has 2 aromatic carbocycles. The molecule has 1 heterocycles. The first-order valence-electron chi connectivity index (χ1n) is 9.91. The number of rotatable bonds is 6. The van der Waals surface area contributed by atoms with Gasteiger partial charge in [0.1, 0.15) is 22.9 Å². The Morgan fingerprint density at radius 2 is 1.90 bits per heavy atom. The lowest BCUT2D eigenvalue weighted by atomic mass is 9.98. The van der Waals surface area contributed by atoms with Gasteiger partial charge in [-0.2, -0.15) is 0 Å². The van der Waals surface area contributed by atoms with Gasteiger partial charge < -0.3 is 25.1 Å². The number of aryl methyl sites for hydroxylation is 1. The third kappa shape index (κ3) is 4.63. The lowest BCUT2D eigenvalue weighted by Gasteiger charge is -2.21. The second kappa shape index (κ2) is 9.07. The normalized spacial score (nSPS) is 12.0. The average molecular weight is 434 g/mol. The molecule has 0 spiro atoms. The molecular weight excluding hydrogens is 401 g/mol. The molecule has 0 bridgehead atoms. The van der Waals surface area contributed by atoms with E-state index < -0.39 is 12.1 Å². The molecule has 3 amide bonds. The maximum Gasteiger partial charge on any atom is 0.319 e. The number of methoxy groups -OCH3 is 1. The number of halogens is 1. The zero-order chi connectivity index (χ0) is 22.7. The van der Waals surface area contributed by atoms with Gasteiger partial charge in [0.05, 0.1) is 18.7 Å². The van der Waals surface area contributed by atoms with Crippen LogP contribution in [-0.2, 0) is 0 Å². The fourth-order valence-corrected chi connectivity index (χ4v) is 3.45. The number of carbonyl (C=O) groups is 2. The van der Waals surface area contributed by atoms with Crippen molar-refractivity contribution in [3.8, 4) is 5.75 Å². The molecule has 3 aromatic rings. The van der Waals surface area contributed by atoms with Gasteiger partial charge in [-0.1, -0.05) is 13.8 Å². The van der Waals surface area contributed by atoms with E-state index in [1.54, 1.807) is 18.2 Å². The number of hydrogen-bond donors (Lipinski definition) is 3. The summed E-state index contributed by atoms with van der Waals surface area (Å²) in [6.07, 6.45) is 0. The van der Waals surface area contributed by atoms with Crippen LogP contribution in [0.3, 0.4) is 0 Å². The van der Waals surface area contributed by atoms with E-state index >= 15 is 0 Å². The van der Waals surface area contributed by atoms with E-state index in [1.165, 1.54) is 32.4 Å². The SMILES string of the molecule is CNC(=O)c1cc(NC(=O)N[C@@H](c2oc3ccc(F)cc3c2C)C(C)C)ccc1OC.[HH].[HH].[HH]. The van der Waals surface area contributed by atoms with Gasteiger partial charge in [-0.15, -0.1) is 0 Å². The molecule has 31 heavy (non-hydrogen) atoms. The van der Waals surface area contributed by atoms with Gasteiger partial charge in [0.15, 0.2) is 0 Å². The number of benzene rings is 2. The predicted octanol–water partition coefficient (Wildman–Crippen LogP) is 5.51. The number of nitrogens with one attached hydrogen (secondary N) is 3. The molecule has 0 saturated carbocycles. The van der Waals surface area contributed by atoms with Crippen LogP contribution in [0.25, 0.3) is 11.0 Å². The summed E-state index contributed by atoms with van der Waals surface area (Å²) >= 11 is 0. The Morgan fingerprint density at radius 3 is 2.55 bits per heavy atom. The lowest BCUT2D eigenvalue weighted by Crippen LogP contribution is -2.35. The summed E-state index contributed by atoms with van der Waals surface area (Å²) in [5.41, 5.74) is 2.08.